The first-order valence-corrected chi connectivity index (χ1v) is 8.20. The van der Waals surface area contributed by atoms with E-state index in [4.69, 9.17) is 0 Å². The number of anilines is 1. The van der Waals surface area contributed by atoms with Gasteiger partial charge in [0.25, 0.3) is 5.91 Å². The summed E-state index contributed by atoms with van der Waals surface area (Å²) in [7, 11) is 0. The first-order chi connectivity index (χ1) is 10.5. The van der Waals surface area contributed by atoms with Crippen molar-refractivity contribution in [2.24, 2.45) is 0 Å². The van der Waals surface area contributed by atoms with Crippen molar-refractivity contribution in [2.45, 2.75) is 32.7 Å². The molecule has 1 aromatic heterocycles. The predicted molar refractivity (Wildman–Crippen MR) is 88.3 cm³/mol. The van der Waals surface area contributed by atoms with Crippen molar-refractivity contribution in [2.75, 3.05) is 5.32 Å². The number of aryl methyl sites for hydroxylation is 2. The van der Waals surface area contributed by atoms with Crippen molar-refractivity contribution in [1.29, 1.82) is 0 Å². The van der Waals surface area contributed by atoms with Gasteiger partial charge in [-0.15, -0.1) is 11.3 Å². The number of carbonyl (C=O) groups is 2. The second-order valence-corrected chi connectivity index (χ2v) is 6.51. The molecular weight excluding hydrogens is 296 g/mol. The lowest BCUT2D eigenvalue weighted by Crippen LogP contribution is -2.27. The van der Waals surface area contributed by atoms with Gasteiger partial charge < -0.3 is 10.6 Å². The van der Waals surface area contributed by atoms with Crippen LogP contribution in [-0.2, 0) is 11.2 Å². The molecule has 114 valence electrons. The SMILES string of the molecule is Cc1ccsc1C(=O)N[C@H](C)c1ccc2c(c1)CCC(=O)N2. The summed E-state index contributed by atoms with van der Waals surface area (Å²) >= 11 is 1.46. The maximum Gasteiger partial charge on any atom is 0.262 e. The smallest absolute Gasteiger partial charge is 0.262 e. The van der Waals surface area contributed by atoms with Crippen molar-refractivity contribution in [3.8, 4) is 0 Å². The number of thiophene rings is 1. The van der Waals surface area contributed by atoms with E-state index in [1.165, 1.54) is 11.3 Å². The molecule has 3 rings (SSSR count). The molecule has 0 spiro atoms. The van der Waals surface area contributed by atoms with Crippen molar-refractivity contribution in [1.82, 2.24) is 5.32 Å². The first kappa shape index (κ1) is 14.8. The molecular formula is C17H18N2O2S. The molecule has 0 saturated heterocycles. The van der Waals surface area contributed by atoms with Crippen LogP contribution in [0.1, 0.15) is 45.7 Å². The van der Waals surface area contributed by atoms with Gasteiger partial charge in [0.1, 0.15) is 0 Å². The van der Waals surface area contributed by atoms with Crippen molar-refractivity contribution < 1.29 is 9.59 Å². The summed E-state index contributed by atoms with van der Waals surface area (Å²) in [5.74, 6) is 0.0285. The topological polar surface area (TPSA) is 58.2 Å². The summed E-state index contributed by atoms with van der Waals surface area (Å²) in [5.41, 5.74) is 4.07. The van der Waals surface area contributed by atoms with Crippen molar-refractivity contribution in [3.05, 3.63) is 51.2 Å². The Hall–Kier alpha value is -2.14. The Morgan fingerprint density at radius 3 is 2.86 bits per heavy atom. The highest BCUT2D eigenvalue weighted by molar-refractivity contribution is 7.12. The predicted octanol–water partition coefficient (Wildman–Crippen LogP) is 3.43. The molecule has 0 saturated carbocycles. The van der Waals surface area contributed by atoms with Gasteiger partial charge in [-0.2, -0.15) is 0 Å². The Bertz CT molecular complexity index is 736. The number of nitrogens with one attached hydrogen (secondary N) is 2. The standard InChI is InChI=1S/C17H18N2O2S/c1-10-7-8-22-16(10)17(21)18-11(2)12-3-5-14-13(9-12)4-6-15(20)19-14/h3,5,7-9,11H,4,6H2,1-2H3,(H,18,21)(H,19,20)/t11-/m1/s1. The maximum absolute atomic E-state index is 12.3. The zero-order valence-electron chi connectivity index (χ0n) is 12.6. The van der Waals surface area contributed by atoms with Crippen LogP contribution >= 0.6 is 11.3 Å². The van der Waals surface area contributed by atoms with Crippen LogP contribution < -0.4 is 10.6 Å². The molecule has 0 aliphatic carbocycles. The van der Waals surface area contributed by atoms with Crippen molar-refractivity contribution >= 4 is 28.8 Å². The summed E-state index contributed by atoms with van der Waals surface area (Å²) in [6, 6.07) is 7.82. The van der Waals surface area contributed by atoms with Gasteiger partial charge in [-0.25, -0.2) is 0 Å². The van der Waals surface area contributed by atoms with Crippen LogP contribution in [0.5, 0.6) is 0 Å². The van der Waals surface area contributed by atoms with Gasteiger partial charge in [0.05, 0.1) is 10.9 Å². The van der Waals surface area contributed by atoms with Crippen LogP contribution in [0.3, 0.4) is 0 Å². The van der Waals surface area contributed by atoms with Crippen molar-refractivity contribution in [3.63, 3.8) is 0 Å². The number of hydrogen-bond donors (Lipinski definition) is 2. The zero-order chi connectivity index (χ0) is 15.7. The highest BCUT2D eigenvalue weighted by Crippen LogP contribution is 2.26. The molecule has 2 N–H and O–H groups in total. The van der Waals surface area contributed by atoms with Gasteiger partial charge in [0.15, 0.2) is 0 Å². The second-order valence-electron chi connectivity index (χ2n) is 5.59. The monoisotopic (exact) mass is 314 g/mol. The number of hydrogen-bond acceptors (Lipinski definition) is 3. The fourth-order valence-electron chi connectivity index (χ4n) is 2.62. The Balaban J connectivity index is 1.75. The largest absolute Gasteiger partial charge is 0.345 e. The lowest BCUT2D eigenvalue weighted by atomic mass is 9.98. The van der Waals surface area contributed by atoms with Gasteiger partial charge in [-0.3, -0.25) is 9.59 Å². The third kappa shape index (κ3) is 2.90. The highest BCUT2D eigenvalue weighted by atomic mass is 32.1. The quantitative estimate of drug-likeness (QED) is 0.912. The van der Waals surface area contributed by atoms with E-state index < -0.39 is 0 Å². The molecule has 22 heavy (non-hydrogen) atoms. The molecule has 1 atom stereocenters. The first-order valence-electron chi connectivity index (χ1n) is 7.32. The highest BCUT2D eigenvalue weighted by Gasteiger charge is 2.18. The lowest BCUT2D eigenvalue weighted by Gasteiger charge is -2.20. The fraction of sp³-hybridized carbons (Fsp3) is 0.294. The molecule has 0 radical (unpaired) electrons. The summed E-state index contributed by atoms with van der Waals surface area (Å²) in [5, 5.41) is 7.84. The fourth-order valence-corrected chi connectivity index (χ4v) is 3.45. The molecule has 1 aliphatic rings. The van der Waals surface area contributed by atoms with Crippen LogP contribution in [0.2, 0.25) is 0 Å². The van der Waals surface area contributed by atoms with E-state index in [-0.39, 0.29) is 17.9 Å². The summed E-state index contributed by atoms with van der Waals surface area (Å²) in [6.07, 6.45) is 1.27. The van der Waals surface area contributed by atoms with Gasteiger partial charge >= 0.3 is 0 Å². The van der Waals surface area contributed by atoms with Gasteiger partial charge in [0.2, 0.25) is 5.91 Å². The average Bonchev–Trinajstić information content (AvgIpc) is 2.92. The summed E-state index contributed by atoms with van der Waals surface area (Å²) < 4.78 is 0. The molecule has 5 heteroatoms. The average molecular weight is 314 g/mol. The van der Waals surface area contributed by atoms with E-state index in [0.29, 0.717) is 6.42 Å². The normalized spacial score (nSPS) is 14.9. The number of fused-ring (bicyclic) bond motifs is 1. The molecule has 0 bridgehead atoms. The minimum Gasteiger partial charge on any atom is -0.345 e. The van der Waals surface area contributed by atoms with E-state index in [0.717, 1.165) is 33.7 Å². The Morgan fingerprint density at radius 1 is 1.32 bits per heavy atom. The third-order valence-electron chi connectivity index (χ3n) is 3.94. The van der Waals surface area contributed by atoms with E-state index in [1.54, 1.807) is 0 Å². The van der Waals surface area contributed by atoms with E-state index in [2.05, 4.69) is 16.7 Å². The van der Waals surface area contributed by atoms with Gasteiger partial charge in [0, 0.05) is 12.1 Å². The van der Waals surface area contributed by atoms with Crippen LogP contribution in [0.25, 0.3) is 0 Å². The lowest BCUT2D eigenvalue weighted by molar-refractivity contribution is -0.116. The molecule has 0 unspecified atom stereocenters. The van der Waals surface area contributed by atoms with Crippen LogP contribution in [0, 0.1) is 6.92 Å². The number of carbonyl (C=O) groups excluding carboxylic acids is 2. The minimum absolute atomic E-state index is 0.0361. The molecule has 2 heterocycles. The maximum atomic E-state index is 12.3. The van der Waals surface area contributed by atoms with Crippen LogP contribution in [-0.4, -0.2) is 11.8 Å². The van der Waals surface area contributed by atoms with Crippen LogP contribution in [0.4, 0.5) is 5.69 Å². The van der Waals surface area contributed by atoms with E-state index in [1.807, 2.05) is 37.4 Å². The minimum atomic E-state index is -0.0723. The molecule has 0 fully saturated rings. The van der Waals surface area contributed by atoms with E-state index >= 15 is 0 Å². The zero-order valence-corrected chi connectivity index (χ0v) is 13.4. The summed E-state index contributed by atoms with van der Waals surface area (Å²) in [6.45, 7) is 3.92. The number of amides is 2. The van der Waals surface area contributed by atoms with Gasteiger partial charge in [-0.05, 0) is 54.5 Å². The molecule has 1 aromatic carbocycles. The van der Waals surface area contributed by atoms with E-state index in [9.17, 15) is 9.59 Å². The molecule has 2 aromatic rings. The Labute approximate surface area is 133 Å². The number of benzene rings is 1. The third-order valence-corrected chi connectivity index (χ3v) is 4.96. The molecule has 1 aliphatic heterocycles. The molecule has 2 amide bonds. The number of rotatable bonds is 3. The summed E-state index contributed by atoms with van der Waals surface area (Å²) in [4.78, 5) is 24.4. The van der Waals surface area contributed by atoms with Crippen LogP contribution in [0.15, 0.2) is 29.6 Å². The second kappa shape index (κ2) is 5.93. The Kier molecular flexibility index (Phi) is 3.98. The Morgan fingerprint density at radius 2 is 2.14 bits per heavy atom. The van der Waals surface area contributed by atoms with Gasteiger partial charge in [-0.1, -0.05) is 12.1 Å². The molecule has 4 nitrogen and oxygen atoms in total.